The van der Waals surface area contributed by atoms with Crippen LogP contribution in [0.25, 0.3) is 0 Å². The van der Waals surface area contributed by atoms with Gasteiger partial charge in [-0.25, -0.2) is 4.79 Å². The molecule has 0 aromatic heterocycles. The molecule has 6 nitrogen and oxygen atoms in total. The third kappa shape index (κ3) is 3.67. The summed E-state index contributed by atoms with van der Waals surface area (Å²) in [6, 6.07) is 16.3. The number of nitriles is 1. The average Bonchev–Trinajstić information content (AvgIpc) is 3.10. The summed E-state index contributed by atoms with van der Waals surface area (Å²) in [6.07, 6.45) is -0.125. The molecule has 132 valence electrons. The van der Waals surface area contributed by atoms with Crippen molar-refractivity contribution >= 4 is 17.6 Å². The Bertz CT molecular complexity index is 872. The van der Waals surface area contributed by atoms with Gasteiger partial charge in [0.05, 0.1) is 5.56 Å². The van der Waals surface area contributed by atoms with E-state index in [2.05, 4.69) is 0 Å². The fraction of sp³-hybridized carbons (Fsp3) is 0.250. The molecule has 0 N–H and O–H groups in total. The van der Waals surface area contributed by atoms with Crippen LogP contribution in [-0.2, 0) is 20.7 Å². The smallest absolute Gasteiger partial charge is 0.344 e. The van der Waals surface area contributed by atoms with Crippen LogP contribution in [0.4, 0.5) is 5.69 Å². The van der Waals surface area contributed by atoms with Gasteiger partial charge in [-0.05, 0) is 37.1 Å². The molecule has 0 bridgehead atoms. The van der Waals surface area contributed by atoms with E-state index in [1.54, 1.807) is 36.1 Å². The second-order valence-electron chi connectivity index (χ2n) is 5.90. The fourth-order valence-electron chi connectivity index (χ4n) is 2.89. The molecule has 1 aliphatic heterocycles. The molecule has 1 atom stereocenters. The van der Waals surface area contributed by atoms with Gasteiger partial charge in [0.25, 0.3) is 5.91 Å². The van der Waals surface area contributed by atoms with Gasteiger partial charge in [-0.15, -0.1) is 0 Å². The summed E-state index contributed by atoms with van der Waals surface area (Å²) in [5.41, 5.74) is 2.30. The zero-order valence-electron chi connectivity index (χ0n) is 14.3. The Morgan fingerprint density at radius 3 is 2.73 bits per heavy atom. The monoisotopic (exact) mass is 350 g/mol. The van der Waals surface area contributed by atoms with Crippen molar-refractivity contribution in [1.29, 1.82) is 5.26 Å². The van der Waals surface area contributed by atoms with E-state index in [0.29, 0.717) is 17.9 Å². The zero-order valence-corrected chi connectivity index (χ0v) is 14.3. The molecule has 6 heteroatoms. The Balaban J connectivity index is 1.56. The van der Waals surface area contributed by atoms with Crippen molar-refractivity contribution in [1.82, 2.24) is 0 Å². The summed E-state index contributed by atoms with van der Waals surface area (Å²) in [4.78, 5) is 26.2. The molecule has 2 aromatic carbocycles. The summed E-state index contributed by atoms with van der Waals surface area (Å²) in [7, 11) is 0. The number of esters is 1. The number of anilines is 1. The van der Waals surface area contributed by atoms with Crippen molar-refractivity contribution in [3.8, 4) is 11.8 Å². The van der Waals surface area contributed by atoms with Crippen LogP contribution in [-0.4, -0.2) is 31.1 Å². The number of ether oxygens (including phenoxy) is 2. The van der Waals surface area contributed by atoms with Gasteiger partial charge in [-0.3, -0.25) is 4.79 Å². The third-order valence-corrected chi connectivity index (χ3v) is 4.16. The molecule has 3 rings (SSSR count). The first-order valence-corrected chi connectivity index (χ1v) is 8.31. The minimum Gasteiger partial charge on any atom is -0.481 e. The minimum absolute atomic E-state index is 0.263. The number of carbonyl (C=O) groups excluding carboxylic acids is 2. The Labute approximate surface area is 151 Å². The van der Waals surface area contributed by atoms with Gasteiger partial charge in [0.15, 0.2) is 12.7 Å². The van der Waals surface area contributed by atoms with Crippen molar-refractivity contribution in [3.63, 3.8) is 0 Å². The predicted octanol–water partition coefficient (Wildman–Crippen LogP) is 2.46. The van der Waals surface area contributed by atoms with E-state index in [1.165, 1.54) is 0 Å². The van der Waals surface area contributed by atoms with Gasteiger partial charge in [-0.2, -0.15) is 5.26 Å². The van der Waals surface area contributed by atoms with Gasteiger partial charge in [-0.1, -0.05) is 30.3 Å². The molecule has 0 saturated heterocycles. The van der Waals surface area contributed by atoms with E-state index in [-0.39, 0.29) is 12.5 Å². The molecule has 0 unspecified atom stereocenters. The highest BCUT2D eigenvalue weighted by Crippen LogP contribution is 2.28. The van der Waals surface area contributed by atoms with Crippen molar-refractivity contribution in [3.05, 3.63) is 59.7 Å². The highest BCUT2D eigenvalue weighted by Gasteiger charge is 2.29. The first kappa shape index (κ1) is 17.5. The molecule has 1 heterocycles. The highest BCUT2D eigenvalue weighted by atomic mass is 16.6. The SMILES string of the molecule is C[C@H](OC(=O)COc1ccccc1C#N)C(=O)N1CCc2ccccc21. The molecular weight excluding hydrogens is 332 g/mol. The van der Waals surface area contributed by atoms with E-state index in [4.69, 9.17) is 14.7 Å². The zero-order chi connectivity index (χ0) is 18.5. The molecule has 26 heavy (non-hydrogen) atoms. The molecule has 0 saturated carbocycles. The molecule has 0 fully saturated rings. The van der Waals surface area contributed by atoms with Crippen LogP contribution < -0.4 is 9.64 Å². The maximum atomic E-state index is 12.6. The van der Waals surface area contributed by atoms with E-state index in [0.717, 1.165) is 17.7 Å². The highest BCUT2D eigenvalue weighted by molar-refractivity contribution is 5.99. The first-order valence-electron chi connectivity index (χ1n) is 8.31. The number of hydrogen-bond acceptors (Lipinski definition) is 5. The van der Waals surface area contributed by atoms with Crippen molar-refractivity contribution in [2.24, 2.45) is 0 Å². The average molecular weight is 350 g/mol. The second kappa shape index (κ2) is 7.70. The van der Waals surface area contributed by atoms with Crippen LogP contribution in [0.2, 0.25) is 0 Å². The van der Waals surface area contributed by atoms with E-state index < -0.39 is 12.1 Å². The minimum atomic E-state index is -0.913. The normalized spacial score (nSPS) is 13.5. The van der Waals surface area contributed by atoms with Gasteiger partial charge < -0.3 is 14.4 Å². The summed E-state index contributed by atoms with van der Waals surface area (Å²) in [5.74, 6) is -0.619. The number of carbonyl (C=O) groups is 2. The Hall–Kier alpha value is -3.33. The van der Waals surface area contributed by atoms with Gasteiger partial charge in [0, 0.05) is 12.2 Å². The molecule has 0 radical (unpaired) electrons. The summed E-state index contributed by atoms with van der Waals surface area (Å²) in [5, 5.41) is 9.01. The van der Waals surface area contributed by atoms with Crippen LogP contribution in [0.1, 0.15) is 18.1 Å². The predicted molar refractivity (Wildman–Crippen MR) is 94.7 cm³/mol. The number of nitrogens with zero attached hydrogens (tertiary/aromatic N) is 2. The maximum Gasteiger partial charge on any atom is 0.344 e. The lowest BCUT2D eigenvalue weighted by atomic mass is 10.2. The van der Waals surface area contributed by atoms with Crippen molar-refractivity contribution in [2.45, 2.75) is 19.4 Å². The summed E-state index contributed by atoms with van der Waals surface area (Å²) >= 11 is 0. The van der Waals surface area contributed by atoms with E-state index in [1.807, 2.05) is 30.3 Å². The Kier molecular flexibility index (Phi) is 5.18. The first-order chi connectivity index (χ1) is 12.6. The topological polar surface area (TPSA) is 79.6 Å². The molecule has 1 aliphatic rings. The molecule has 0 spiro atoms. The quantitative estimate of drug-likeness (QED) is 0.774. The van der Waals surface area contributed by atoms with E-state index in [9.17, 15) is 9.59 Å². The van der Waals surface area contributed by atoms with Gasteiger partial charge >= 0.3 is 5.97 Å². The number of amides is 1. The lowest BCUT2D eigenvalue weighted by molar-refractivity contribution is -0.155. The van der Waals surface area contributed by atoms with Crippen LogP contribution >= 0.6 is 0 Å². The lowest BCUT2D eigenvalue weighted by Crippen LogP contribution is -2.39. The molecule has 1 amide bonds. The number of fused-ring (bicyclic) bond motifs is 1. The largest absolute Gasteiger partial charge is 0.481 e. The fourth-order valence-corrected chi connectivity index (χ4v) is 2.89. The van der Waals surface area contributed by atoms with Crippen molar-refractivity contribution < 1.29 is 19.1 Å². The third-order valence-electron chi connectivity index (χ3n) is 4.16. The van der Waals surface area contributed by atoms with Gasteiger partial charge in [0.2, 0.25) is 0 Å². The van der Waals surface area contributed by atoms with Crippen LogP contribution in [0.15, 0.2) is 48.5 Å². The number of rotatable bonds is 5. The number of benzene rings is 2. The van der Waals surface area contributed by atoms with Crippen LogP contribution in [0.5, 0.6) is 5.75 Å². The standard InChI is InChI=1S/C20H18N2O4/c1-14(20(24)22-11-10-15-6-2-4-8-17(15)22)26-19(23)13-25-18-9-5-3-7-16(18)12-21/h2-9,14H,10-11,13H2,1H3/t14-/m0/s1. The molecular formula is C20H18N2O4. The molecule has 0 aliphatic carbocycles. The van der Waals surface area contributed by atoms with Crippen molar-refractivity contribution in [2.75, 3.05) is 18.1 Å². The molecule has 2 aromatic rings. The van der Waals surface area contributed by atoms with Crippen LogP contribution in [0.3, 0.4) is 0 Å². The van der Waals surface area contributed by atoms with Gasteiger partial charge in [0.1, 0.15) is 11.8 Å². The lowest BCUT2D eigenvalue weighted by Gasteiger charge is -2.21. The Morgan fingerprint density at radius 2 is 1.92 bits per heavy atom. The Morgan fingerprint density at radius 1 is 1.19 bits per heavy atom. The number of hydrogen-bond donors (Lipinski definition) is 0. The summed E-state index contributed by atoms with van der Waals surface area (Å²) < 4.78 is 10.5. The maximum absolute atomic E-state index is 12.6. The number of para-hydroxylation sites is 2. The van der Waals surface area contributed by atoms with Crippen LogP contribution in [0, 0.1) is 11.3 Å². The van der Waals surface area contributed by atoms with E-state index >= 15 is 0 Å². The summed E-state index contributed by atoms with van der Waals surface area (Å²) in [6.45, 7) is 1.75. The second-order valence-corrected chi connectivity index (χ2v) is 5.90.